The molecule has 0 bridgehead atoms. The van der Waals surface area contributed by atoms with E-state index in [0.717, 1.165) is 24.5 Å². The highest BCUT2D eigenvalue weighted by molar-refractivity contribution is 6.05. The average molecular weight is 329 g/mol. The summed E-state index contributed by atoms with van der Waals surface area (Å²) >= 11 is 0. The molecule has 0 radical (unpaired) electrons. The summed E-state index contributed by atoms with van der Waals surface area (Å²) in [5.41, 5.74) is 2.97. The number of carbonyl (C=O) groups excluding carboxylic acids is 1. The van der Waals surface area contributed by atoms with E-state index in [9.17, 15) is 4.79 Å². The maximum atomic E-state index is 12.4. The Morgan fingerprint density at radius 2 is 1.79 bits per heavy atom. The third kappa shape index (κ3) is 3.43. The van der Waals surface area contributed by atoms with Crippen LogP contribution < -0.4 is 10.2 Å². The van der Waals surface area contributed by atoms with Crippen molar-refractivity contribution in [3.05, 3.63) is 41.3 Å². The van der Waals surface area contributed by atoms with Crippen LogP contribution >= 0.6 is 0 Å². The van der Waals surface area contributed by atoms with Crippen LogP contribution in [0.15, 0.2) is 28.8 Å². The molecule has 2 atom stereocenters. The van der Waals surface area contributed by atoms with Crippen LogP contribution in [0.4, 0.5) is 11.4 Å². The molecule has 0 spiro atoms. The molecule has 1 amide bonds. The first-order chi connectivity index (χ1) is 11.4. The zero-order chi connectivity index (χ0) is 17.3. The summed E-state index contributed by atoms with van der Waals surface area (Å²) < 4.78 is 10.8. The van der Waals surface area contributed by atoms with Gasteiger partial charge in [0, 0.05) is 24.5 Å². The summed E-state index contributed by atoms with van der Waals surface area (Å²) in [5, 5.41) is 6.71. The monoisotopic (exact) mass is 329 g/mol. The molecule has 1 aromatic carbocycles. The van der Waals surface area contributed by atoms with Crippen molar-refractivity contribution >= 4 is 17.3 Å². The second-order valence-electron chi connectivity index (χ2n) is 6.36. The van der Waals surface area contributed by atoms with E-state index in [1.807, 2.05) is 24.3 Å². The molecular formula is C18H23N3O3. The topological polar surface area (TPSA) is 67.6 Å². The Morgan fingerprint density at radius 3 is 2.33 bits per heavy atom. The van der Waals surface area contributed by atoms with Crippen molar-refractivity contribution in [2.75, 3.05) is 23.3 Å². The molecule has 2 heterocycles. The minimum absolute atomic E-state index is 0.201. The van der Waals surface area contributed by atoms with Crippen LogP contribution in [-0.2, 0) is 4.74 Å². The van der Waals surface area contributed by atoms with Gasteiger partial charge in [0.1, 0.15) is 11.3 Å². The maximum Gasteiger partial charge on any atom is 0.261 e. The van der Waals surface area contributed by atoms with Crippen LogP contribution in [0.5, 0.6) is 0 Å². The third-order valence-corrected chi connectivity index (χ3v) is 4.17. The summed E-state index contributed by atoms with van der Waals surface area (Å²) in [4.78, 5) is 14.7. The van der Waals surface area contributed by atoms with Crippen LogP contribution in [0, 0.1) is 13.8 Å². The third-order valence-electron chi connectivity index (χ3n) is 4.17. The van der Waals surface area contributed by atoms with Crippen LogP contribution in [0.3, 0.4) is 0 Å². The van der Waals surface area contributed by atoms with E-state index >= 15 is 0 Å². The lowest BCUT2D eigenvalue weighted by Gasteiger charge is -2.36. The van der Waals surface area contributed by atoms with E-state index in [-0.39, 0.29) is 18.1 Å². The Balaban J connectivity index is 1.70. The molecule has 3 rings (SSSR count). The molecule has 6 nitrogen and oxygen atoms in total. The molecule has 1 aliphatic rings. The molecular weight excluding hydrogens is 306 g/mol. The van der Waals surface area contributed by atoms with Gasteiger partial charge in [0.25, 0.3) is 5.91 Å². The molecule has 6 heteroatoms. The lowest BCUT2D eigenvalue weighted by atomic mass is 10.1. The number of aromatic nitrogens is 1. The van der Waals surface area contributed by atoms with Gasteiger partial charge in [-0.2, -0.15) is 0 Å². The second-order valence-corrected chi connectivity index (χ2v) is 6.36. The van der Waals surface area contributed by atoms with Gasteiger partial charge in [-0.25, -0.2) is 0 Å². The molecule has 24 heavy (non-hydrogen) atoms. The van der Waals surface area contributed by atoms with E-state index in [4.69, 9.17) is 9.26 Å². The van der Waals surface area contributed by atoms with Gasteiger partial charge >= 0.3 is 0 Å². The molecule has 1 aromatic heterocycles. The van der Waals surface area contributed by atoms with Crippen molar-refractivity contribution in [3.63, 3.8) is 0 Å². The quantitative estimate of drug-likeness (QED) is 0.937. The SMILES string of the molecule is Cc1noc(C)c1C(=O)Nc1ccc(N2CC(C)OC(C)C2)cc1. The van der Waals surface area contributed by atoms with Gasteiger partial charge in [-0.15, -0.1) is 0 Å². The van der Waals surface area contributed by atoms with E-state index < -0.39 is 0 Å². The molecule has 1 aliphatic heterocycles. The molecule has 1 fully saturated rings. The van der Waals surface area contributed by atoms with Gasteiger partial charge in [0.05, 0.1) is 17.9 Å². The molecule has 1 N–H and O–H groups in total. The standard InChI is InChI=1S/C18H23N3O3/c1-11-9-21(10-12(2)23-11)16-7-5-15(6-8-16)19-18(22)17-13(3)20-24-14(17)4/h5-8,11-12H,9-10H2,1-4H3,(H,19,22). The minimum Gasteiger partial charge on any atom is -0.372 e. The number of aryl methyl sites for hydroxylation is 2. The van der Waals surface area contributed by atoms with Crippen molar-refractivity contribution in [1.29, 1.82) is 0 Å². The lowest BCUT2D eigenvalue weighted by Crippen LogP contribution is -2.45. The number of benzene rings is 1. The number of hydrogen-bond acceptors (Lipinski definition) is 5. The van der Waals surface area contributed by atoms with Gasteiger partial charge in [-0.1, -0.05) is 5.16 Å². The summed E-state index contributed by atoms with van der Waals surface area (Å²) in [5.74, 6) is 0.325. The van der Waals surface area contributed by atoms with Gasteiger partial charge in [0.15, 0.2) is 0 Å². The average Bonchev–Trinajstić information content (AvgIpc) is 2.86. The van der Waals surface area contributed by atoms with Crippen molar-refractivity contribution in [2.45, 2.75) is 39.9 Å². The first-order valence-electron chi connectivity index (χ1n) is 8.18. The van der Waals surface area contributed by atoms with Gasteiger partial charge in [-0.3, -0.25) is 4.79 Å². The molecule has 0 aliphatic carbocycles. The fourth-order valence-electron chi connectivity index (χ4n) is 3.15. The molecule has 1 saturated heterocycles. The normalized spacial score (nSPS) is 20.9. The van der Waals surface area contributed by atoms with E-state index in [0.29, 0.717) is 17.0 Å². The summed E-state index contributed by atoms with van der Waals surface area (Å²) in [7, 11) is 0. The Morgan fingerprint density at radius 1 is 1.17 bits per heavy atom. The Kier molecular flexibility index (Phi) is 4.57. The van der Waals surface area contributed by atoms with Crippen LogP contribution in [-0.4, -0.2) is 36.4 Å². The van der Waals surface area contributed by atoms with E-state index in [1.54, 1.807) is 13.8 Å². The van der Waals surface area contributed by atoms with Gasteiger partial charge in [0.2, 0.25) is 0 Å². The van der Waals surface area contributed by atoms with E-state index in [1.165, 1.54) is 0 Å². The Hall–Kier alpha value is -2.34. The van der Waals surface area contributed by atoms with Crippen molar-refractivity contribution in [2.24, 2.45) is 0 Å². The Labute approximate surface area is 141 Å². The van der Waals surface area contributed by atoms with Crippen molar-refractivity contribution in [3.8, 4) is 0 Å². The summed E-state index contributed by atoms with van der Waals surface area (Å²) in [6, 6.07) is 7.87. The largest absolute Gasteiger partial charge is 0.372 e. The van der Waals surface area contributed by atoms with Crippen LogP contribution in [0.2, 0.25) is 0 Å². The molecule has 0 saturated carbocycles. The number of anilines is 2. The maximum absolute atomic E-state index is 12.4. The molecule has 2 unspecified atom stereocenters. The summed E-state index contributed by atoms with van der Waals surface area (Å²) in [6.45, 7) is 9.40. The van der Waals surface area contributed by atoms with E-state index in [2.05, 4.69) is 29.2 Å². The van der Waals surface area contributed by atoms with Gasteiger partial charge < -0.3 is 19.5 Å². The fraction of sp³-hybridized carbons (Fsp3) is 0.444. The summed E-state index contributed by atoms with van der Waals surface area (Å²) in [6.07, 6.45) is 0.431. The van der Waals surface area contributed by atoms with Crippen molar-refractivity contribution < 1.29 is 14.1 Å². The first kappa shape index (κ1) is 16.5. The minimum atomic E-state index is -0.201. The predicted molar refractivity (Wildman–Crippen MR) is 92.6 cm³/mol. The number of morpholine rings is 1. The number of rotatable bonds is 3. The predicted octanol–water partition coefficient (Wildman–Crippen LogP) is 3.16. The fourth-order valence-corrected chi connectivity index (χ4v) is 3.15. The molecule has 2 aromatic rings. The smallest absolute Gasteiger partial charge is 0.261 e. The number of amides is 1. The molecule has 128 valence electrons. The highest BCUT2D eigenvalue weighted by atomic mass is 16.5. The zero-order valence-corrected chi connectivity index (χ0v) is 14.5. The van der Waals surface area contributed by atoms with Crippen molar-refractivity contribution in [1.82, 2.24) is 5.16 Å². The zero-order valence-electron chi connectivity index (χ0n) is 14.5. The number of carbonyl (C=O) groups is 1. The number of nitrogens with one attached hydrogen (secondary N) is 1. The van der Waals surface area contributed by atoms with Crippen LogP contribution in [0.25, 0.3) is 0 Å². The number of hydrogen-bond donors (Lipinski definition) is 1. The second kappa shape index (κ2) is 6.65. The Bertz CT molecular complexity index is 694. The highest BCUT2D eigenvalue weighted by Crippen LogP contribution is 2.23. The highest BCUT2D eigenvalue weighted by Gasteiger charge is 2.22. The number of nitrogens with zero attached hydrogens (tertiary/aromatic N) is 2. The van der Waals surface area contributed by atoms with Crippen LogP contribution in [0.1, 0.15) is 35.7 Å². The number of ether oxygens (including phenoxy) is 1. The first-order valence-corrected chi connectivity index (χ1v) is 8.18. The van der Waals surface area contributed by atoms with Gasteiger partial charge in [-0.05, 0) is 52.0 Å². The lowest BCUT2D eigenvalue weighted by molar-refractivity contribution is -0.00521.